The minimum absolute atomic E-state index is 0.103. The van der Waals surface area contributed by atoms with Crippen LogP contribution < -0.4 is 5.32 Å². The van der Waals surface area contributed by atoms with Gasteiger partial charge in [0.05, 0.1) is 17.9 Å². The molecule has 0 bridgehead atoms. The molecule has 108 valence electrons. The summed E-state index contributed by atoms with van der Waals surface area (Å²) in [6.45, 7) is 1.58. The third kappa shape index (κ3) is 3.10. The van der Waals surface area contributed by atoms with Crippen LogP contribution >= 0.6 is 0 Å². The molecule has 0 unspecified atom stereocenters. The summed E-state index contributed by atoms with van der Waals surface area (Å²) in [6.07, 6.45) is 12.7. The van der Waals surface area contributed by atoms with Crippen LogP contribution in [-0.2, 0) is 9.53 Å². The minimum Gasteiger partial charge on any atom is -0.381 e. The van der Waals surface area contributed by atoms with Crippen LogP contribution in [0.2, 0.25) is 0 Å². The van der Waals surface area contributed by atoms with Crippen LogP contribution in [0.5, 0.6) is 0 Å². The highest BCUT2D eigenvalue weighted by Gasteiger charge is 2.20. The Balaban J connectivity index is 1.59. The van der Waals surface area contributed by atoms with Crippen molar-refractivity contribution in [2.24, 2.45) is 5.92 Å². The number of rotatable bonds is 3. The van der Waals surface area contributed by atoms with Crippen molar-refractivity contribution in [1.29, 1.82) is 0 Å². The molecule has 5 heteroatoms. The monoisotopic (exact) mass is 275 g/mol. The first-order valence-corrected chi connectivity index (χ1v) is 7.40. The number of nitrogens with zero attached hydrogens (tertiary/aromatic N) is 2. The van der Waals surface area contributed by atoms with E-state index < -0.39 is 0 Å². The molecule has 1 atom stereocenters. The smallest absolute Gasteiger partial charge is 0.227 e. The first kappa shape index (κ1) is 13.4. The minimum atomic E-state index is 0.103. The molecule has 0 aromatic carbocycles. The molecule has 1 saturated heterocycles. The van der Waals surface area contributed by atoms with Gasteiger partial charge >= 0.3 is 0 Å². The van der Waals surface area contributed by atoms with Crippen LogP contribution in [0.15, 0.2) is 24.5 Å². The third-order valence-electron chi connectivity index (χ3n) is 4.07. The number of carbonyl (C=O) groups excluding carboxylic acids is 1. The first-order valence-electron chi connectivity index (χ1n) is 7.40. The Kier molecular flexibility index (Phi) is 4.16. The Labute approximate surface area is 119 Å². The number of allylic oxidation sites excluding steroid dienone is 2. The summed E-state index contributed by atoms with van der Waals surface area (Å²) in [7, 11) is 0. The van der Waals surface area contributed by atoms with E-state index in [4.69, 9.17) is 4.74 Å². The number of ether oxygens (including phenoxy) is 1. The van der Waals surface area contributed by atoms with E-state index in [-0.39, 0.29) is 11.8 Å². The van der Waals surface area contributed by atoms with Crippen LogP contribution in [0.25, 0.3) is 0 Å². The van der Waals surface area contributed by atoms with E-state index in [1.165, 1.54) is 0 Å². The molecule has 1 aromatic heterocycles. The topological polar surface area (TPSA) is 56.2 Å². The van der Waals surface area contributed by atoms with Gasteiger partial charge in [-0.1, -0.05) is 12.2 Å². The highest BCUT2D eigenvalue weighted by Crippen LogP contribution is 2.23. The zero-order valence-electron chi connectivity index (χ0n) is 11.6. The quantitative estimate of drug-likeness (QED) is 0.862. The molecule has 3 rings (SSSR count). The van der Waals surface area contributed by atoms with Crippen molar-refractivity contribution in [1.82, 2.24) is 9.78 Å². The summed E-state index contributed by atoms with van der Waals surface area (Å²) < 4.78 is 7.31. The maximum Gasteiger partial charge on any atom is 0.227 e. The van der Waals surface area contributed by atoms with Gasteiger partial charge in [-0.3, -0.25) is 9.48 Å². The highest BCUT2D eigenvalue weighted by atomic mass is 16.5. The molecule has 5 nitrogen and oxygen atoms in total. The van der Waals surface area contributed by atoms with Crippen molar-refractivity contribution in [3.05, 3.63) is 24.5 Å². The maximum atomic E-state index is 12.2. The van der Waals surface area contributed by atoms with Crippen LogP contribution in [0.3, 0.4) is 0 Å². The second kappa shape index (κ2) is 6.22. The van der Waals surface area contributed by atoms with Gasteiger partial charge in [0.1, 0.15) is 0 Å². The maximum absolute atomic E-state index is 12.2. The van der Waals surface area contributed by atoms with Gasteiger partial charge in [0.2, 0.25) is 5.91 Å². The van der Waals surface area contributed by atoms with E-state index >= 15 is 0 Å². The number of amides is 1. The van der Waals surface area contributed by atoms with Gasteiger partial charge in [0.15, 0.2) is 0 Å². The molecule has 1 amide bonds. The van der Waals surface area contributed by atoms with E-state index in [2.05, 4.69) is 22.6 Å². The first-order chi connectivity index (χ1) is 9.83. The fourth-order valence-electron chi connectivity index (χ4n) is 2.83. The van der Waals surface area contributed by atoms with E-state index in [1.807, 2.05) is 10.9 Å². The molecule has 2 heterocycles. The summed E-state index contributed by atoms with van der Waals surface area (Å²) in [6, 6.07) is 0.395. The van der Waals surface area contributed by atoms with Crippen LogP contribution in [0.1, 0.15) is 38.1 Å². The normalized spacial score (nSPS) is 23.7. The predicted octanol–water partition coefficient (Wildman–Crippen LogP) is 2.53. The van der Waals surface area contributed by atoms with Gasteiger partial charge in [-0.05, 0) is 32.1 Å². The zero-order valence-corrected chi connectivity index (χ0v) is 11.6. The lowest BCUT2D eigenvalue weighted by Crippen LogP contribution is -2.23. The molecule has 20 heavy (non-hydrogen) atoms. The largest absolute Gasteiger partial charge is 0.381 e. The summed E-state index contributed by atoms with van der Waals surface area (Å²) in [5, 5.41) is 7.35. The number of hydrogen-bond donors (Lipinski definition) is 1. The fourth-order valence-corrected chi connectivity index (χ4v) is 2.83. The molecule has 0 radical (unpaired) electrons. The second-order valence-electron chi connectivity index (χ2n) is 5.52. The highest BCUT2D eigenvalue weighted by molar-refractivity contribution is 5.92. The Morgan fingerprint density at radius 3 is 2.90 bits per heavy atom. The standard InChI is InChI=1S/C15H21N3O2/c19-15(12-4-2-1-3-5-12)17-13-10-16-18(11-13)14-6-8-20-9-7-14/h1-2,10-12,14H,3-9H2,(H,17,19)/t12-/m0/s1. The third-order valence-corrected chi connectivity index (χ3v) is 4.07. The second-order valence-corrected chi connectivity index (χ2v) is 5.52. The van der Waals surface area contributed by atoms with E-state index in [0.717, 1.165) is 51.0 Å². The molecule has 0 spiro atoms. The summed E-state index contributed by atoms with van der Waals surface area (Å²) in [5.41, 5.74) is 0.802. The number of aromatic nitrogens is 2. The summed E-state index contributed by atoms with van der Waals surface area (Å²) in [4.78, 5) is 12.2. The van der Waals surface area contributed by atoms with Gasteiger partial charge in [0.25, 0.3) is 0 Å². The average Bonchev–Trinajstić information content (AvgIpc) is 2.97. The lowest BCUT2D eigenvalue weighted by molar-refractivity contribution is -0.120. The van der Waals surface area contributed by atoms with Crippen molar-refractivity contribution >= 4 is 11.6 Å². The number of anilines is 1. The van der Waals surface area contributed by atoms with Gasteiger partial charge in [-0.2, -0.15) is 5.10 Å². The Bertz CT molecular complexity index is 489. The van der Waals surface area contributed by atoms with Crippen molar-refractivity contribution in [2.75, 3.05) is 18.5 Å². The van der Waals surface area contributed by atoms with Gasteiger partial charge in [0, 0.05) is 25.3 Å². The molecular weight excluding hydrogens is 254 g/mol. The molecule has 1 aromatic rings. The van der Waals surface area contributed by atoms with Crippen LogP contribution in [0.4, 0.5) is 5.69 Å². The molecule has 1 aliphatic carbocycles. The molecular formula is C15H21N3O2. The lowest BCUT2D eigenvalue weighted by Gasteiger charge is -2.22. The van der Waals surface area contributed by atoms with E-state index in [1.54, 1.807) is 6.20 Å². The summed E-state index contributed by atoms with van der Waals surface area (Å²) in [5.74, 6) is 0.215. The Morgan fingerprint density at radius 2 is 2.15 bits per heavy atom. The van der Waals surface area contributed by atoms with Crippen LogP contribution in [0, 0.1) is 5.92 Å². The Morgan fingerprint density at radius 1 is 1.30 bits per heavy atom. The molecule has 1 aliphatic heterocycles. The Hall–Kier alpha value is -1.62. The number of carbonyl (C=O) groups is 1. The van der Waals surface area contributed by atoms with E-state index in [9.17, 15) is 4.79 Å². The molecule has 2 aliphatic rings. The van der Waals surface area contributed by atoms with Gasteiger partial charge in [-0.15, -0.1) is 0 Å². The van der Waals surface area contributed by atoms with Crippen molar-refractivity contribution in [3.63, 3.8) is 0 Å². The van der Waals surface area contributed by atoms with Crippen molar-refractivity contribution < 1.29 is 9.53 Å². The van der Waals surface area contributed by atoms with Gasteiger partial charge < -0.3 is 10.1 Å². The lowest BCUT2D eigenvalue weighted by atomic mass is 9.94. The number of nitrogens with one attached hydrogen (secondary N) is 1. The fraction of sp³-hybridized carbons (Fsp3) is 0.600. The summed E-state index contributed by atoms with van der Waals surface area (Å²) >= 11 is 0. The molecule has 0 saturated carbocycles. The molecule has 1 fully saturated rings. The van der Waals surface area contributed by atoms with Crippen LogP contribution in [-0.4, -0.2) is 28.9 Å². The number of hydrogen-bond acceptors (Lipinski definition) is 3. The van der Waals surface area contributed by atoms with Crippen molar-refractivity contribution in [2.45, 2.75) is 38.1 Å². The van der Waals surface area contributed by atoms with Crippen molar-refractivity contribution in [3.8, 4) is 0 Å². The van der Waals surface area contributed by atoms with E-state index in [0.29, 0.717) is 6.04 Å². The SMILES string of the molecule is O=C(Nc1cnn(C2CCOCC2)c1)[C@H]1CC=CCC1. The molecule has 1 N–H and O–H groups in total. The zero-order chi connectivity index (χ0) is 13.8. The van der Waals surface area contributed by atoms with Gasteiger partial charge in [-0.25, -0.2) is 0 Å². The predicted molar refractivity (Wildman–Crippen MR) is 76.4 cm³/mol. The average molecular weight is 275 g/mol.